The van der Waals surface area contributed by atoms with Crippen molar-refractivity contribution in [3.8, 4) is 5.69 Å². The van der Waals surface area contributed by atoms with E-state index in [9.17, 15) is 9.18 Å². The van der Waals surface area contributed by atoms with Crippen molar-refractivity contribution in [2.75, 3.05) is 0 Å². The molecule has 0 saturated carbocycles. The number of hydrazone groups is 1. The molecule has 2 heterocycles. The number of carbonyl (C=O) groups excluding carboxylic acids is 1. The summed E-state index contributed by atoms with van der Waals surface area (Å²) in [5.41, 5.74) is 6.06. The zero-order valence-electron chi connectivity index (χ0n) is 13.3. The van der Waals surface area contributed by atoms with Gasteiger partial charge in [0, 0.05) is 22.6 Å². The van der Waals surface area contributed by atoms with Crippen LogP contribution in [0.2, 0.25) is 0 Å². The SMILES string of the molecule is Cc1cc(/C=N\NC(=O)c2ccco2)c(C)n1-c1ccc(F)cc1. The van der Waals surface area contributed by atoms with Crippen molar-refractivity contribution in [2.24, 2.45) is 5.10 Å². The molecule has 0 aliphatic heterocycles. The summed E-state index contributed by atoms with van der Waals surface area (Å²) in [6.45, 7) is 3.89. The molecule has 3 rings (SSSR count). The number of halogens is 1. The number of amides is 1. The summed E-state index contributed by atoms with van der Waals surface area (Å²) in [6.07, 6.45) is 3.00. The van der Waals surface area contributed by atoms with Gasteiger partial charge >= 0.3 is 5.91 Å². The summed E-state index contributed by atoms with van der Waals surface area (Å²) in [7, 11) is 0. The predicted octanol–water partition coefficient (Wildman–Crippen LogP) is 3.59. The summed E-state index contributed by atoms with van der Waals surface area (Å²) in [5, 5.41) is 3.96. The second-order valence-corrected chi connectivity index (χ2v) is 5.31. The van der Waals surface area contributed by atoms with Gasteiger partial charge in [-0.05, 0) is 56.3 Å². The van der Waals surface area contributed by atoms with Gasteiger partial charge in [0.25, 0.3) is 0 Å². The minimum atomic E-state index is -0.413. The van der Waals surface area contributed by atoms with Crippen LogP contribution in [0.4, 0.5) is 4.39 Å². The Hall–Kier alpha value is -3.15. The van der Waals surface area contributed by atoms with Crippen LogP contribution in [0.3, 0.4) is 0 Å². The van der Waals surface area contributed by atoms with Crippen LogP contribution in [0.25, 0.3) is 5.69 Å². The first-order valence-electron chi connectivity index (χ1n) is 7.38. The summed E-state index contributed by atoms with van der Waals surface area (Å²) in [4.78, 5) is 11.7. The van der Waals surface area contributed by atoms with Gasteiger partial charge in [0.05, 0.1) is 12.5 Å². The number of aromatic nitrogens is 1. The van der Waals surface area contributed by atoms with E-state index < -0.39 is 5.91 Å². The third kappa shape index (κ3) is 3.12. The molecule has 0 aliphatic carbocycles. The number of furan rings is 1. The van der Waals surface area contributed by atoms with Crippen LogP contribution in [0.15, 0.2) is 58.2 Å². The first kappa shape index (κ1) is 15.7. The van der Waals surface area contributed by atoms with E-state index in [4.69, 9.17) is 4.42 Å². The van der Waals surface area contributed by atoms with Crippen LogP contribution in [0.5, 0.6) is 0 Å². The normalized spacial score (nSPS) is 11.1. The fourth-order valence-electron chi connectivity index (χ4n) is 2.53. The highest BCUT2D eigenvalue weighted by Gasteiger charge is 2.10. The molecule has 0 atom stereocenters. The van der Waals surface area contributed by atoms with Crippen LogP contribution in [0, 0.1) is 19.7 Å². The van der Waals surface area contributed by atoms with E-state index in [1.807, 2.05) is 24.5 Å². The summed E-state index contributed by atoms with van der Waals surface area (Å²) in [5.74, 6) is -0.490. The Labute approximate surface area is 138 Å². The average Bonchev–Trinajstić information content (AvgIpc) is 3.18. The monoisotopic (exact) mass is 325 g/mol. The summed E-state index contributed by atoms with van der Waals surface area (Å²) < 4.78 is 20.1. The van der Waals surface area contributed by atoms with Crippen molar-refractivity contribution in [3.05, 3.63) is 77.3 Å². The van der Waals surface area contributed by atoms with E-state index in [-0.39, 0.29) is 11.6 Å². The minimum absolute atomic E-state index is 0.198. The Bertz CT molecular complexity index is 878. The maximum atomic E-state index is 13.1. The van der Waals surface area contributed by atoms with Gasteiger partial charge in [-0.2, -0.15) is 5.10 Å². The van der Waals surface area contributed by atoms with E-state index in [0.717, 1.165) is 22.6 Å². The lowest BCUT2D eigenvalue weighted by Crippen LogP contribution is -2.16. The first-order valence-corrected chi connectivity index (χ1v) is 7.38. The molecule has 6 heteroatoms. The maximum absolute atomic E-state index is 13.1. The minimum Gasteiger partial charge on any atom is -0.459 e. The zero-order chi connectivity index (χ0) is 17.1. The molecule has 1 N–H and O–H groups in total. The Morgan fingerprint density at radius 2 is 2.00 bits per heavy atom. The van der Waals surface area contributed by atoms with Gasteiger partial charge in [0.15, 0.2) is 5.76 Å². The Morgan fingerprint density at radius 1 is 1.25 bits per heavy atom. The standard InChI is InChI=1S/C18H16FN3O2/c1-12-10-14(11-20-21-18(23)17-4-3-9-24-17)13(2)22(12)16-7-5-15(19)6-8-16/h3-11H,1-2H3,(H,21,23)/b20-11-. The number of benzene rings is 1. The Morgan fingerprint density at radius 3 is 2.67 bits per heavy atom. The number of hydrogen-bond donors (Lipinski definition) is 1. The third-order valence-corrected chi connectivity index (χ3v) is 3.67. The van der Waals surface area contributed by atoms with Crippen molar-refractivity contribution >= 4 is 12.1 Å². The molecule has 1 amide bonds. The van der Waals surface area contributed by atoms with Crippen molar-refractivity contribution in [1.29, 1.82) is 0 Å². The van der Waals surface area contributed by atoms with E-state index >= 15 is 0 Å². The van der Waals surface area contributed by atoms with Crippen molar-refractivity contribution in [1.82, 2.24) is 9.99 Å². The molecule has 3 aromatic rings. The molecule has 0 spiro atoms. The smallest absolute Gasteiger partial charge is 0.307 e. The fraction of sp³-hybridized carbons (Fsp3) is 0.111. The van der Waals surface area contributed by atoms with Gasteiger partial charge in [0.1, 0.15) is 5.82 Å². The van der Waals surface area contributed by atoms with Crippen molar-refractivity contribution in [3.63, 3.8) is 0 Å². The average molecular weight is 325 g/mol. The molecule has 24 heavy (non-hydrogen) atoms. The molecule has 0 fully saturated rings. The number of nitrogens with one attached hydrogen (secondary N) is 1. The van der Waals surface area contributed by atoms with Crippen LogP contribution < -0.4 is 5.43 Å². The molecule has 1 aromatic carbocycles. The third-order valence-electron chi connectivity index (χ3n) is 3.67. The Balaban J connectivity index is 1.80. The van der Waals surface area contributed by atoms with Gasteiger partial charge in [-0.15, -0.1) is 0 Å². The molecule has 0 radical (unpaired) electrons. The number of hydrogen-bond acceptors (Lipinski definition) is 3. The molecule has 0 aliphatic rings. The molecule has 122 valence electrons. The van der Waals surface area contributed by atoms with Gasteiger partial charge in [0.2, 0.25) is 0 Å². The lowest BCUT2D eigenvalue weighted by molar-refractivity contribution is 0.0927. The maximum Gasteiger partial charge on any atom is 0.307 e. The van der Waals surface area contributed by atoms with E-state index in [2.05, 4.69) is 10.5 Å². The molecule has 0 bridgehead atoms. The van der Waals surface area contributed by atoms with Crippen LogP contribution in [0.1, 0.15) is 27.5 Å². The Kier molecular flexibility index (Phi) is 4.29. The second-order valence-electron chi connectivity index (χ2n) is 5.31. The fourth-order valence-corrected chi connectivity index (χ4v) is 2.53. The summed E-state index contributed by atoms with van der Waals surface area (Å²) >= 11 is 0. The predicted molar refractivity (Wildman–Crippen MR) is 89.0 cm³/mol. The molecular formula is C18H16FN3O2. The van der Waals surface area contributed by atoms with Crippen LogP contribution in [-0.2, 0) is 0 Å². The molecular weight excluding hydrogens is 309 g/mol. The topological polar surface area (TPSA) is 59.5 Å². The van der Waals surface area contributed by atoms with Crippen molar-refractivity contribution < 1.29 is 13.6 Å². The van der Waals surface area contributed by atoms with Gasteiger partial charge < -0.3 is 8.98 Å². The largest absolute Gasteiger partial charge is 0.459 e. The first-order chi connectivity index (χ1) is 11.6. The number of aryl methyl sites for hydroxylation is 1. The molecule has 2 aromatic heterocycles. The molecule has 5 nitrogen and oxygen atoms in total. The number of rotatable bonds is 4. The highest BCUT2D eigenvalue weighted by atomic mass is 19.1. The highest BCUT2D eigenvalue weighted by Crippen LogP contribution is 2.20. The van der Waals surface area contributed by atoms with E-state index in [1.54, 1.807) is 30.5 Å². The zero-order valence-corrected chi connectivity index (χ0v) is 13.3. The lowest BCUT2D eigenvalue weighted by Gasteiger charge is -2.09. The van der Waals surface area contributed by atoms with Crippen LogP contribution >= 0.6 is 0 Å². The second kappa shape index (κ2) is 6.54. The summed E-state index contributed by atoms with van der Waals surface area (Å²) in [6, 6.07) is 11.4. The molecule has 0 saturated heterocycles. The highest BCUT2D eigenvalue weighted by molar-refractivity contribution is 5.92. The quantitative estimate of drug-likeness (QED) is 0.588. The molecule has 0 unspecified atom stereocenters. The van der Waals surface area contributed by atoms with Gasteiger partial charge in [-0.25, -0.2) is 9.82 Å². The number of nitrogens with zero attached hydrogens (tertiary/aromatic N) is 2. The van der Waals surface area contributed by atoms with Gasteiger partial charge in [-0.1, -0.05) is 0 Å². The van der Waals surface area contributed by atoms with Crippen molar-refractivity contribution in [2.45, 2.75) is 13.8 Å². The van der Waals surface area contributed by atoms with Crippen LogP contribution in [-0.4, -0.2) is 16.7 Å². The van der Waals surface area contributed by atoms with E-state index in [0.29, 0.717) is 0 Å². The van der Waals surface area contributed by atoms with E-state index in [1.165, 1.54) is 18.4 Å². The lowest BCUT2D eigenvalue weighted by atomic mass is 10.2. The number of carbonyl (C=O) groups is 1. The van der Waals surface area contributed by atoms with Gasteiger partial charge in [-0.3, -0.25) is 4.79 Å².